The highest BCUT2D eigenvalue weighted by atomic mass is 14.3. The van der Waals surface area contributed by atoms with Crippen molar-refractivity contribution in [3.05, 3.63) is 23.3 Å². The lowest BCUT2D eigenvalue weighted by Crippen LogP contribution is -1.92. The van der Waals surface area contributed by atoms with E-state index in [2.05, 4.69) is 6.07 Å². The normalized spacial score (nSPS) is 24.8. The van der Waals surface area contributed by atoms with Crippen LogP contribution in [0.2, 0.25) is 0 Å². The van der Waals surface area contributed by atoms with Crippen LogP contribution in [0.4, 0.5) is 0 Å². The largest absolute Gasteiger partial charge is 0.193 e. The maximum absolute atomic E-state index is 8.50. The number of nitrogens with zero attached hydrogens (tertiary/aromatic N) is 1. The van der Waals surface area contributed by atoms with Gasteiger partial charge in [-0.2, -0.15) is 5.26 Å². The number of hydrogen-bond acceptors (Lipinski definition) is 1. The van der Waals surface area contributed by atoms with Crippen LogP contribution in [0.15, 0.2) is 23.3 Å². The smallest absolute Gasteiger partial charge is 0.0953 e. The summed E-state index contributed by atoms with van der Waals surface area (Å²) >= 11 is 0. The minimum absolute atomic E-state index is 0.356. The Kier molecular flexibility index (Phi) is 1.40. The van der Waals surface area contributed by atoms with Crippen LogP contribution in [0.25, 0.3) is 0 Å². The Hall–Kier alpha value is -1.03. The van der Waals surface area contributed by atoms with E-state index >= 15 is 0 Å². The molecule has 1 unspecified atom stereocenters. The fraction of sp³-hybridized carbons (Fsp3) is 0.375. The zero-order valence-corrected chi connectivity index (χ0v) is 5.68. The Morgan fingerprint density at radius 1 is 1.56 bits per heavy atom. The van der Waals surface area contributed by atoms with E-state index in [9.17, 15) is 0 Å². The topological polar surface area (TPSA) is 23.8 Å². The van der Waals surface area contributed by atoms with Gasteiger partial charge >= 0.3 is 0 Å². The average molecular weight is 119 g/mol. The molecule has 0 heterocycles. The molecule has 0 fully saturated rings. The van der Waals surface area contributed by atoms with Crippen LogP contribution in [0.1, 0.15) is 13.8 Å². The SMILES string of the molecule is CC1=CC=C(C#N)C1C. The zero-order valence-electron chi connectivity index (χ0n) is 5.68. The molecule has 1 aliphatic rings. The highest BCUT2D eigenvalue weighted by molar-refractivity contribution is 5.40. The van der Waals surface area contributed by atoms with Crippen molar-refractivity contribution < 1.29 is 0 Å². The lowest BCUT2D eigenvalue weighted by Gasteiger charge is -2.01. The lowest BCUT2D eigenvalue weighted by molar-refractivity contribution is 0.847. The van der Waals surface area contributed by atoms with Gasteiger partial charge in [-0.1, -0.05) is 18.6 Å². The van der Waals surface area contributed by atoms with Gasteiger partial charge in [-0.05, 0) is 13.0 Å². The van der Waals surface area contributed by atoms with Gasteiger partial charge < -0.3 is 0 Å². The van der Waals surface area contributed by atoms with E-state index in [4.69, 9.17) is 5.26 Å². The molecule has 0 aromatic carbocycles. The van der Waals surface area contributed by atoms with Crippen molar-refractivity contribution in [3.63, 3.8) is 0 Å². The van der Waals surface area contributed by atoms with Crippen LogP contribution >= 0.6 is 0 Å². The Balaban J connectivity index is 2.82. The standard InChI is InChI=1S/C8H9N/c1-6-3-4-8(5-9)7(6)2/h3-4,7H,1-2H3. The number of rotatable bonds is 0. The molecule has 0 saturated carbocycles. The van der Waals surface area contributed by atoms with Crippen LogP contribution < -0.4 is 0 Å². The van der Waals surface area contributed by atoms with E-state index in [0.29, 0.717) is 5.92 Å². The van der Waals surface area contributed by atoms with E-state index in [1.165, 1.54) is 5.57 Å². The second-order valence-corrected chi connectivity index (χ2v) is 2.37. The Morgan fingerprint density at radius 2 is 2.22 bits per heavy atom. The third-order valence-corrected chi connectivity index (χ3v) is 1.80. The molecule has 1 heteroatoms. The summed E-state index contributed by atoms with van der Waals surface area (Å²) in [4.78, 5) is 0. The molecule has 1 aliphatic carbocycles. The maximum atomic E-state index is 8.50. The summed E-state index contributed by atoms with van der Waals surface area (Å²) in [5.41, 5.74) is 2.17. The van der Waals surface area contributed by atoms with Crippen molar-refractivity contribution in [2.75, 3.05) is 0 Å². The molecule has 0 N–H and O–H groups in total. The third kappa shape index (κ3) is 0.882. The first kappa shape index (κ1) is 6.10. The van der Waals surface area contributed by atoms with Crippen LogP contribution in [0.5, 0.6) is 0 Å². The summed E-state index contributed by atoms with van der Waals surface area (Å²) in [7, 11) is 0. The summed E-state index contributed by atoms with van der Waals surface area (Å²) in [5.74, 6) is 0.356. The second-order valence-electron chi connectivity index (χ2n) is 2.37. The molecule has 0 aromatic heterocycles. The fourth-order valence-electron chi connectivity index (χ4n) is 0.889. The summed E-state index contributed by atoms with van der Waals surface area (Å²) in [6.45, 7) is 4.10. The predicted molar refractivity (Wildman–Crippen MR) is 36.6 cm³/mol. The van der Waals surface area contributed by atoms with Crippen molar-refractivity contribution in [2.24, 2.45) is 5.92 Å². The van der Waals surface area contributed by atoms with Gasteiger partial charge in [0.05, 0.1) is 6.07 Å². The Morgan fingerprint density at radius 3 is 2.44 bits per heavy atom. The fourth-order valence-corrected chi connectivity index (χ4v) is 0.889. The van der Waals surface area contributed by atoms with Gasteiger partial charge in [-0.25, -0.2) is 0 Å². The minimum Gasteiger partial charge on any atom is -0.193 e. The molecule has 1 atom stereocenters. The van der Waals surface area contributed by atoms with Gasteiger partial charge in [0.15, 0.2) is 0 Å². The number of nitriles is 1. The van der Waals surface area contributed by atoms with Gasteiger partial charge in [0.25, 0.3) is 0 Å². The number of hydrogen-bond donors (Lipinski definition) is 0. The van der Waals surface area contributed by atoms with Crippen molar-refractivity contribution in [3.8, 4) is 6.07 Å². The third-order valence-electron chi connectivity index (χ3n) is 1.80. The molecule has 46 valence electrons. The molecule has 1 nitrogen and oxygen atoms in total. The number of allylic oxidation sites excluding steroid dienone is 4. The Bertz CT molecular complexity index is 215. The van der Waals surface area contributed by atoms with E-state index in [1.54, 1.807) is 0 Å². The molecular formula is C8H9N. The summed E-state index contributed by atoms with van der Waals surface area (Å²) in [5, 5.41) is 8.50. The van der Waals surface area contributed by atoms with Gasteiger partial charge in [0.1, 0.15) is 0 Å². The maximum Gasteiger partial charge on any atom is 0.0953 e. The van der Waals surface area contributed by atoms with Gasteiger partial charge in [0.2, 0.25) is 0 Å². The van der Waals surface area contributed by atoms with Gasteiger partial charge in [-0.15, -0.1) is 0 Å². The van der Waals surface area contributed by atoms with Crippen LogP contribution in [-0.4, -0.2) is 0 Å². The molecule has 0 spiro atoms. The highest BCUT2D eigenvalue weighted by Gasteiger charge is 2.13. The van der Waals surface area contributed by atoms with Crippen molar-refractivity contribution in [1.82, 2.24) is 0 Å². The summed E-state index contributed by atoms with van der Waals surface area (Å²) < 4.78 is 0. The van der Waals surface area contributed by atoms with Crippen molar-refractivity contribution in [1.29, 1.82) is 5.26 Å². The van der Waals surface area contributed by atoms with Gasteiger partial charge in [0, 0.05) is 11.5 Å². The predicted octanol–water partition coefficient (Wildman–Crippen LogP) is 2.03. The summed E-state index contributed by atoms with van der Waals surface area (Å²) in [6.07, 6.45) is 3.89. The van der Waals surface area contributed by atoms with Crippen molar-refractivity contribution >= 4 is 0 Å². The van der Waals surface area contributed by atoms with E-state index in [-0.39, 0.29) is 0 Å². The zero-order chi connectivity index (χ0) is 6.85. The summed E-state index contributed by atoms with van der Waals surface area (Å²) in [6, 6.07) is 2.15. The molecule has 1 rings (SSSR count). The van der Waals surface area contributed by atoms with Crippen LogP contribution in [0.3, 0.4) is 0 Å². The monoisotopic (exact) mass is 119 g/mol. The Labute approximate surface area is 55.3 Å². The average Bonchev–Trinajstić information content (AvgIpc) is 2.15. The molecule has 0 aromatic rings. The molecule has 0 saturated heterocycles. The molecule has 9 heavy (non-hydrogen) atoms. The quantitative estimate of drug-likeness (QED) is 0.478. The minimum atomic E-state index is 0.356. The second kappa shape index (κ2) is 2.06. The van der Waals surface area contributed by atoms with Crippen molar-refractivity contribution in [2.45, 2.75) is 13.8 Å². The highest BCUT2D eigenvalue weighted by Crippen LogP contribution is 2.24. The molecule has 0 aliphatic heterocycles. The van der Waals surface area contributed by atoms with Crippen LogP contribution in [0, 0.1) is 17.2 Å². The van der Waals surface area contributed by atoms with Gasteiger partial charge in [-0.3, -0.25) is 0 Å². The first-order valence-electron chi connectivity index (χ1n) is 3.04. The molecule has 0 radical (unpaired) electrons. The van der Waals surface area contributed by atoms with E-state index < -0.39 is 0 Å². The first-order valence-corrected chi connectivity index (χ1v) is 3.04. The molecule has 0 bridgehead atoms. The lowest BCUT2D eigenvalue weighted by atomic mass is 10.0. The first-order chi connectivity index (χ1) is 4.25. The molecular weight excluding hydrogens is 110 g/mol. The molecule has 0 amide bonds. The van der Waals surface area contributed by atoms with Crippen LogP contribution in [-0.2, 0) is 0 Å². The van der Waals surface area contributed by atoms with E-state index in [0.717, 1.165) is 5.57 Å². The van der Waals surface area contributed by atoms with E-state index in [1.807, 2.05) is 26.0 Å².